The van der Waals surface area contributed by atoms with E-state index >= 15 is 0 Å². The van der Waals surface area contributed by atoms with Crippen molar-refractivity contribution < 1.29 is 9.59 Å². The number of nitrogens with one attached hydrogen (secondary N) is 1. The molecule has 0 unspecified atom stereocenters. The first kappa shape index (κ1) is 20.9. The van der Waals surface area contributed by atoms with Gasteiger partial charge in [0.2, 0.25) is 0 Å². The smallest absolute Gasteiger partial charge is 0.162 e. The molecule has 0 saturated carbocycles. The lowest BCUT2D eigenvalue weighted by molar-refractivity contribution is -0.119. The maximum Gasteiger partial charge on any atom is 0.162 e. The maximum absolute atomic E-state index is 13.4. The van der Waals surface area contributed by atoms with Gasteiger partial charge >= 0.3 is 0 Å². The van der Waals surface area contributed by atoms with Crippen LogP contribution in [0.3, 0.4) is 0 Å². The van der Waals surface area contributed by atoms with Crippen LogP contribution in [0, 0.1) is 10.8 Å². The van der Waals surface area contributed by atoms with E-state index in [0.717, 1.165) is 52.1 Å². The van der Waals surface area contributed by atoms with Crippen molar-refractivity contribution in [3.8, 4) is 11.1 Å². The zero-order valence-electron chi connectivity index (χ0n) is 19.4. The van der Waals surface area contributed by atoms with Crippen LogP contribution in [0.25, 0.3) is 11.1 Å². The van der Waals surface area contributed by atoms with Gasteiger partial charge in [-0.1, -0.05) is 82.3 Å². The lowest BCUT2D eigenvalue weighted by Gasteiger charge is -2.44. The van der Waals surface area contributed by atoms with E-state index in [2.05, 4.69) is 69.4 Å². The van der Waals surface area contributed by atoms with Crippen LogP contribution in [0.4, 0.5) is 0 Å². The highest BCUT2D eigenvalue weighted by Crippen LogP contribution is 2.51. The molecule has 0 atom stereocenters. The van der Waals surface area contributed by atoms with Crippen LogP contribution in [-0.2, 0) is 9.59 Å². The lowest BCUT2D eigenvalue weighted by atomic mass is 9.64. The number of carbonyl (C=O) groups is 2. The minimum absolute atomic E-state index is 0.0725. The molecule has 1 N–H and O–H groups in total. The van der Waals surface area contributed by atoms with E-state index in [1.165, 1.54) is 0 Å². The largest absolute Gasteiger partial charge is 0.362 e. The third-order valence-corrected chi connectivity index (χ3v) is 7.07. The normalized spacial score (nSPS) is 22.4. The fraction of sp³-hybridized carbons (Fsp3) is 0.379. The van der Waals surface area contributed by atoms with Crippen molar-refractivity contribution in [3.05, 3.63) is 82.7 Å². The Morgan fingerprint density at radius 1 is 0.656 bits per heavy atom. The molecular formula is C29H31NO2. The molecule has 1 heterocycles. The Morgan fingerprint density at radius 3 is 1.62 bits per heavy atom. The molecule has 2 aromatic rings. The number of benzene rings is 2. The van der Waals surface area contributed by atoms with E-state index in [-0.39, 0.29) is 28.3 Å². The second kappa shape index (κ2) is 7.30. The fourth-order valence-electron chi connectivity index (χ4n) is 5.72. The maximum atomic E-state index is 13.4. The number of hydrogen-bond acceptors (Lipinski definition) is 3. The molecule has 5 rings (SSSR count). The molecular weight excluding hydrogens is 394 g/mol. The van der Waals surface area contributed by atoms with E-state index in [1.54, 1.807) is 0 Å². The van der Waals surface area contributed by atoms with Gasteiger partial charge in [0, 0.05) is 41.3 Å². The third kappa shape index (κ3) is 3.64. The summed E-state index contributed by atoms with van der Waals surface area (Å²) < 4.78 is 0. The first-order valence-corrected chi connectivity index (χ1v) is 11.6. The third-order valence-electron chi connectivity index (χ3n) is 7.07. The molecule has 0 aromatic heterocycles. The van der Waals surface area contributed by atoms with Gasteiger partial charge in [0.1, 0.15) is 0 Å². The summed E-state index contributed by atoms with van der Waals surface area (Å²) in [5.41, 5.74) is 6.85. The van der Waals surface area contributed by atoms with E-state index in [4.69, 9.17) is 0 Å². The van der Waals surface area contributed by atoms with E-state index in [0.29, 0.717) is 12.8 Å². The highest BCUT2D eigenvalue weighted by Gasteiger charge is 2.46. The Labute approximate surface area is 190 Å². The van der Waals surface area contributed by atoms with Crippen molar-refractivity contribution in [2.45, 2.75) is 59.3 Å². The molecule has 32 heavy (non-hydrogen) atoms. The molecule has 164 valence electrons. The average molecular weight is 426 g/mol. The second-order valence-electron chi connectivity index (χ2n) is 11.2. The number of Topliss-reactive ketones (excluding diaryl/α,β-unsaturated/α-hetero) is 2. The number of ketones is 2. The quantitative estimate of drug-likeness (QED) is 0.612. The molecule has 2 aromatic carbocycles. The van der Waals surface area contributed by atoms with Gasteiger partial charge in [-0.15, -0.1) is 0 Å². The fourth-order valence-corrected chi connectivity index (χ4v) is 5.72. The van der Waals surface area contributed by atoms with Gasteiger partial charge in [0.25, 0.3) is 0 Å². The van der Waals surface area contributed by atoms with Crippen molar-refractivity contribution in [1.82, 2.24) is 5.32 Å². The van der Waals surface area contributed by atoms with Crippen LogP contribution in [0.1, 0.15) is 64.9 Å². The lowest BCUT2D eigenvalue weighted by Crippen LogP contribution is -2.42. The first-order chi connectivity index (χ1) is 15.1. The number of carbonyl (C=O) groups excluding carboxylic acids is 2. The predicted molar refractivity (Wildman–Crippen MR) is 128 cm³/mol. The van der Waals surface area contributed by atoms with Gasteiger partial charge in [0.15, 0.2) is 11.6 Å². The molecule has 3 aliphatic rings. The Bertz CT molecular complexity index is 1110. The molecule has 0 spiro atoms. The number of hydrogen-bond donors (Lipinski definition) is 1. The molecule has 0 amide bonds. The summed E-state index contributed by atoms with van der Waals surface area (Å²) in [6.45, 7) is 8.61. The molecule has 0 fully saturated rings. The van der Waals surface area contributed by atoms with Crippen LogP contribution in [0.2, 0.25) is 0 Å². The van der Waals surface area contributed by atoms with Gasteiger partial charge in [-0.25, -0.2) is 0 Å². The predicted octanol–water partition coefficient (Wildman–Crippen LogP) is 6.33. The molecule has 3 nitrogen and oxygen atoms in total. The molecule has 3 heteroatoms. The summed E-state index contributed by atoms with van der Waals surface area (Å²) in [5, 5.41) is 3.58. The zero-order chi connectivity index (χ0) is 22.7. The van der Waals surface area contributed by atoms with Gasteiger partial charge in [-0.2, -0.15) is 0 Å². The van der Waals surface area contributed by atoms with Gasteiger partial charge < -0.3 is 5.32 Å². The van der Waals surface area contributed by atoms with Crippen LogP contribution in [0.15, 0.2) is 77.1 Å². The van der Waals surface area contributed by atoms with Crippen LogP contribution in [0.5, 0.6) is 0 Å². The van der Waals surface area contributed by atoms with Crippen molar-refractivity contribution >= 4 is 11.6 Å². The summed E-state index contributed by atoms with van der Waals surface area (Å²) in [4.78, 5) is 26.8. The minimum atomic E-state index is -0.265. The molecule has 1 aliphatic heterocycles. The number of allylic oxidation sites excluding steroid dienone is 4. The van der Waals surface area contributed by atoms with E-state index < -0.39 is 0 Å². The van der Waals surface area contributed by atoms with E-state index in [1.807, 2.05) is 18.2 Å². The SMILES string of the molecule is CC1(C)CC(=O)C2=C(C1)NC1=C(C(=O)CC(C)(C)C1)C2c1ccc(-c2ccccc2)cc1. The number of dihydropyridines is 1. The topological polar surface area (TPSA) is 46.2 Å². The summed E-state index contributed by atoms with van der Waals surface area (Å²) in [6.07, 6.45) is 2.71. The van der Waals surface area contributed by atoms with Crippen LogP contribution >= 0.6 is 0 Å². The van der Waals surface area contributed by atoms with Crippen molar-refractivity contribution in [3.63, 3.8) is 0 Å². The minimum Gasteiger partial charge on any atom is -0.362 e. The molecule has 0 saturated heterocycles. The summed E-state index contributed by atoms with van der Waals surface area (Å²) in [5.74, 6) is 0.0772. The van der Waals surface area contributed by atoms with Gasteiger partial charge in [-0.3, -0.25) is 9.59 Å². The monoisotopic (exact) mass is 425 g/mol. The molecule has 2 aliphatic carbocycles. The summed E-state index contributed by atoms with van der Waals surface area (Å²) in [7, 11) is 0. The molecule has 0 radical (unpaired) electrons. The van der Waals surface area contributed by atoms with Crippen molar-refractivity contribution in [2.24, 2.45) is 10.8 Å². The van der Waals surface area contributed by atoms with E-state index in [9.17, 15) is 9.59 Å². The highest BCUT2D eigenvalue weighted by atomic mass is 16.1. The average Bonchev–Trinajstić information content (AvgIpc) is 2.71. The second-order valence-corrected chi connectivity index (χ2v) is 11.2. The Morgan fingerprint density at radius 2 is 1.12 bits per heavy atom. The van der Waals surface area contributed by atoms with Crippen molar-refractivity contribution in [2.75, 3.05) is 0 Å². The van der Waals surface area contributed by atoms with Gasteiger partial charge in [-0.05, 0) is 40.4 Å². The standard InChI is InChI=1S/C29H31NO2/c1-28(2)14-21-26(23(31)16-28)25(27-22(30-21)15-29(3,4)17-24(27)32)20-12-10-19(11-13-20)18-8-6-5-7-9-18/h5-13,25,30H,14-17H2,1-4H3. The van der Waals surface area contributed by atoms with Gasteiger partial charge in [0.05, 0.1) is 0 Å². The molecule has 0 bridgehead atoms. The summed E-state index contributed by atoms with van der Waals surface area (Å²) in [6, 6.07) is 18.7. The van der Waals surface area contributed by atoms with Crippen LogP contribution < -0.4 is 5.32 Å². The summed E-state index contributed by atoms with van der Waals surface area (Å²) >= 11 is 0. The Kier molecular flexibility index (Phi) is 4.77. The zero-order valence-corrected chi connectivity index (χ0v) is 19.4. The Balaban J connectivity index is 1.63. The Hall–Kier alpha value is -2.94. The first-order valence-electron chi connectivity index (χ1n) is 11.6. The highest BCUT2D eigenvalue weighted by molar-refractivity contribution is 6.06. The number of rotatable bonds is 2. The van der Waals surface area contributed by atoms with Crippen molar-refractivity contribution in [1.29, 1.82) is 0 Å². The van der Waals surface area contributed by atoms with Crippen LogP contribution in [-0.4, -0.2) is 11.6 Å².